The van der Waals surface area contributed by atoms with E-state index in [1.54, 1.807) is 11.3 Å². The quantitative estimate of drug-likeness (QED) is 0.668. The van der Waals surface area contributed by atoms with E-state index < -0.39 is 0 Å². The van der Waals surface area contributed by atoms with Crippen molar-refractivity contribution in [2.75, 3.05) is 0 Å². The Labute approximate surface area is 82.8 Å². The van der Waals surface area contributed by atoms with Crippen LogP contribution in [0.15, 0.2) is 11.6 Å². The molecule has 0 bridgehead atoms. The summed E-state index contributed by atoms with van der Waals surface area (Å²) in [4.78, 5) is 4.21. The molecule has 0 aliphatic rings. The fraction of sp³-hybridized carbons (Fsp3) is 0.667. The number of hydrogen-bond acceptors (Lipinski definition) is 2. The maximum absolute atomic E-state index is 6.07. The molecule has 0 fully saturated rings. The van der Waals surface area contributed by atoms with Crippen molar-refractivity contribution in [3.05, 3.63) is 16.6 Å². The van der Waals surface area contributed by atoms with Gasteiger partial charge < -0.3 is 0 Å². The van der Waals surface area contributed by atoms with Crippen LogP contribution in [0.1, 0.15) is 31.2 Å². The molecule has 0 saturated carbocycles. The zero-order valence-electron chi connectivity index (χ0n) is 7.29. The highest BCUT2D eigenvalue weighted by atomic mass is 35.5. The SMILES string of the molecule is CCCC(Cl)CCc1nccs1. The molecule has 0 radical (unpaired) electrons. The molecule has 68 valence electrons. The summed E-state index contributed by atoms with van der Waals surface area (Å²) >= 11 is 7.79. The van der Waals surface area contributed by atoms with E-state index in [0.29, 0.717) is 5.38 Å². The van der Waals surface area contributed by atoms with Crippen molar-refractivity contribution in [3.8, 4) is 0 Å². The third-order valence-corrected chi connectivity index (χ3v) is 3.03. The summed E-state index contributed by atoms with van der Waals surface area (Å²) in [5, 5.41) is 3.55. The minimum absolute atomic E-state index is 0.332. The predicted molar refractivity (Wildman–Crippen MR) is 55.0 cm³/mol. The van der Waals surface area contributed by atoms with Gasteiger partial charge >= 0.3 is 0 Å². The van der Waals surface area contributed by atoms with E-state index in [1.807, 2.05) is 11.6 Å². The number of nitrogens with zero attached hydrogens (tertiary/aromatic N) is 1. The molecule has 0 saturated heterocycles. The summed E-state index contributed by atoms with van der Waals surface area (Å²) in [6.07, 6.45) is 6.23. The third kappa shape index (κ3) is 3.55. The fourth-order valence-electron chi connectivity index (χ4n) is 1.11. The molecular weight excluding hydrogens is 190 g/mol. The van der Waals surface area contributed by atoms with Gasteiger partial charge in [0.2, 0.25) is 0 Å². The lowest BCUT2D eigenvalue weighted by Crippen LogP contribution is -1.99. The Bertz CT molecular complexity index is 198. The van der Waals surface area contributed by atoms with Crippen molar-refractivity contribution in [2.24, 2.45) is 0 Å². The van der Waals surface area contributed by atoms with Gasteiger partial charge in [0.15, 0.2) is 0 Å². The summed E-state index contributed by atoms with van der Waals surface area (Å²) in [7, 11) is 0. The number of hydrogen-bond donors (Lipinski definition) is 0. The predicted octanol–water partition coefficient (Wildman–Crippen LogP) is 3.48. The van der Waals surface area contributed by atoms with Crippen molar-refractivity contribution in [1.29, 1.82) is 0 Å². The Balaban J connectivity index is 2.17. The number of aryl methyl sites for hydroxylation is 1. The van der Waals surface area contributed by atoms with Crippen molar-refractivity contribution in [2.45, 2.75) is 38.0 Å². The Hall–Kier alpha value is -0.0800. The van der Waals surface area contributed by atoms with Crippen LogP contribution < -0.4 is 0 Å². The van der Waals surface area contributed by atoms with Gasteiger partial charge in [-0.25, -0.2) is 4.98 Å². The highest BCUT2D eigenvalue weighted by Gasteiger charge is 2.04. The Kier molecular flexibility index (Phi) is 4.62. The highest BCUT2D eigenvalue weighted by Crippen LogP contribution is 2.14. The summed E-state index contributed by atoms with van der Waals surface area (Å²) in [5.41, 5.74) is 0. The number of rotatable bonds is 5. The van der Waals surface area contributed by atoms with Crippen LogP contribution in [0.3, 0.4) is 0 Å². The molecule has 1 aromatic heterocycles. The molecule has 3 heteroatoms. The second-order valence-corrected chi connectivity index (χ2v) is 4.45. The van der Waals surface area contributed by atoms with E-state index in [0.717, 1.165) is 19.3 Å². The van der Waals surface area contributed by atoms with Gasteiger partial charge in [0.05, 0.1) is 5.01 Å². The van der Waals surface area contributed by atoms with Crippen LogP contribution in [0.2, 0.25) is 0 Å². The molecule has 1 unspecified atom stereocenters. The molecule has 0 aliphatic carbocycles. The number of alkyl halides is 1. The largest absolute Gasteiger partial charge is 0.250 e. The van der Waals surface area contributed by atoms with Gasteiger partial charge in [-0.1, -0.05) is 13.3 Å². The molecule has 0 N–H and O–H groups in total. The van der Waals surface area contributed by atoms with Gasteiger partial charge in [0, 0.05) is 23.4 Å². The molecule has 0 amide bonds. The lowest BCUT2D eigenvalue weighted by Gasteiger charge is -2.04. The molecule has 1 rings (SSSR count). The van der Waals surface area contributed by atoms with Gasteiger partial charge in [-0.15, -0.1) is 22.9 Å². The number of halogens is 1. The van der Waals surface area contributed by atoms with Crippen molar-refractivity contribution in [3.63, 3.8) is 0 Å². The molecule has 0 aromatic carbocycles. The van der Waals surface area contributed by atoms with Crippen LogP contribution in [0.25, 0.3) is 0 Å². The maximum atomic E-state index is 6.07. The van der Waals surface area contributed by atoms with E-state index in [1.165, 1.54) is 11.4 Å². The first-order valence-electron chi connectivity index (χ1n) is 4.35. The first-order valence-corrected chi connectivity index (χ1v) is 5.67. The normalized spacial score (nSPS) is 13.2. The number of aromatic nitrogens is 1. The van der Waals surface area contributed by atoms with Crippen molar-refractivity contribution >= 4 is 22.9 Å². The molecule has 1 nitrogen and oxygen atoms in total. The fourth-order valence-corrected chi connectivity index (χ4v) is 2.08. The number of thiazole rings is 1. The third-order valence-electron chi connectivity index (χ3n) is 1.76. The van der Waals surface area contributed by atoms with E-state index >= 15 is 0 Å². The molecule has 1 atom stereocenters. The zero-order chi connectivity index (χ0) is 8.81. The second-order valence-electron chi connectivity index (χ2n) is 2.85. The van der Waals surface area contributed by atoms with Crippen LogP contribution in [-0.4, -0.2) is 10.4 Å². The average molecular weight is 204 g/mol. The molecule has 1 heterocycles. The molecule has 1 aromatic rings. The zero-order valence-corrected chi connectivity index (χ0v) is 8.87. The highest BCUT2D eigenvalue weighted by molar-refractivity contribution is 7.09. The summed E-state index contributed by atoms with van der Waals surface area (Å²) in [5.74, 6) is 0. The van der Waals surface area contributed by atoms with Crippen LogP contribution in [0.4, 0.5) is 0 Å². The lowest BCUT2D eigenvalue weighted by molar-refractivity contribution is 0.674. The minimum atomic E-state index is 0.332. The molecular formula is C9H14ClNS. The molecule has 12 heavy (non-hydrogen) atoms. The standard InChI is InChI=1S/C9H14ClNS/c1-2-3-8(10)4-5-9-11-6-7-12-9/h6-8H,2-5H2,1H3. The summed E-state index contributed by atoms with van der Waals surface area (Å²) < 4.78 is 0. The summed E-state index contributed by atoms with van der Waals surface area (Å²) in [6.45, 7) is 2.17. The van der Waals surface area contributed by atoms with Gasteiger partial charge in [0.1, 0.15) is 0 Å². The van der Waals surface area contributed by atoms with Gasteiger partial charge in [0.25, 0.3) is 0 Å². The van der Waals surface area contributed by atoms with Gasteiger partial charge in [-0.2, -0.15) is 0 Å². The van der Waals surface area contributed by atoms with E-state index in [2.05, 4.69) is 11.9 Å². The molecule has 0 spiro atoms. The lowest BCUT2D eigenvalue weighted by atomic mass is 10.1. The average Bonchev–Trinajstić information content (AvgIpc) is 2.53. The topological polar surface area (TPSA) is 12.9 Å². The van der Waals surface area contributed by atoms with Gasteiger partial charge in [-0.05, 0) is 12.8 Å². The minimum Gasteiger partial charge on any atom is -0.250 e. The Morgan fingerprint density at radius 3 is 3.00 bits per heavy atom. The van der Waals surface area contributed by atoms with Crippen molar-refractivity contribution in [1.82, 2.24) is 4.98 Å². The van der Waals surface area contributed by atoms with Gasteiger partial charge in [-0.3, -0.25) is 0 Å². The van der Waals surface area contributed by atoms with E-state index in [4.69, 9.17) is 11.6 Å². The van der Waals surface area contributed by atoms with E-state index in [9.17, 15) is 0 Å². The van der Waals surface area contributed by atoms with E-state index in [-0.39, 0.29) is 0 Å². The molecule has 0 aliphatic heterocycles. The van der Waals surface area contributed by atoms with Crippen LogP contribution in [0.5, 0.6) is 0 Å². The second kappa shape index (κ2) is 5.55. The smallest absolute Gasteiger partial charge is 0.0925 e. The summed E-state index contributed by atoms with van der Waals surface area (Å²) in [6, 6.07) is 0. The van der Waals surface area contributed by atoms with Crippen LogP contribution in [-0.2, 0) is 6.42 Å². The Morgan fingerprint density at radius 2 is 2.42 bits per heavy atom. The van der Waals surface area contributed by atoms with Crippen molar-refractivity contribution < 1.29 is 0 Å². The first kappa shape index (κ1) is 10.0. The Morgan fingerprint density at radius 1 is 1.58 bits per heavy atom. The van der Waals surface area contributed by atoms with Crippen LogP contribution >= 0.6 is 22.9 Å². The van der Waals surface area contributed by atoms with Crippen LogP contribution in [0, 0.1) is 0 Å². The first-order chi connectivity index (χ1) is 5.83. The maximum Gasteiger partial charge on any atom is 0.0925 e. The monoisotopic (exact) mass is 203 g/mol.